The molecule has 0 amide bonds. The van der Waals surface area contributed by atoms with Gasteiger partial charge in [-0.05, 0) is 55.0 Å². The highest BCUT2D eigenvalue weighted by Gasteiger charge is 2.23. The Bertz CT molecular complexity index is 1020. The number of ether oxygens (including phenoxy) is 1. The number of hydrogen-bond acceptors (Lipinski definition) is 3. The van der Waals surface area contributed by atoms with E-state index in [2.05, 4.69) is 0 Å². The van der Waals surface area contributed by atoms with Crippen molar-refractivity contribution in [3.63, 3.8) is 0 Å². The number of anilines is 1. The van der Waals surface area contributed by atoms with Gasteiger partial charge in [0.05, 0.1) is 17.7 Å². The standard InChI is InChI=1S/C20H22N2O3S/c1-15-7-8-16(19-6-5-13-21(19)2)14-20(15)22(3)26(23,24)18-11-9-17(25-4)10-12-18/h5-14H,1-4H3. The van der Waals surface area contributed by atoms with Gasteiger partial charge in [-0.2, -0.15) is 0 Å². The molecule has 0 N–H and O–H groups in total. The largest absolute Gasteiger partial charge is 0.497 e. The van der Waals surface area contributed by atoms with Gasteiger partial charge in [-0.25, -0.2) is 8.42 Å². The number of benzene rings is 2. The summed E-state index contributed by atoms with van der Waals surface area (Å²) in [6.45, 7) is 1.91. The zero-order valence-electron chi connectivity index (χ0n) is 15.3. The molecule has 136 valence electrons. The van der Waals surface area contributed by atoms with Crippen LogP contribution in [0.5, 0.6) is 5.75 Å². The number of aryl methyl sites for hydroxylation is 2. The second-order valence-corrected chi connectivity index (χ2v) is 8.12. The molecule has 0 aliphatic carbocycles. The van der Waals surface area contributed by atoms with Gasteiger partial charge in [0.25, 0.3) is 10.0 Å². The van der Waals surface area contributed by atoms with Crippen molar-refractivity contribution < 1.29 is 13.2 Å². The first-order valence-corrected chi connectivity index (χ1v) is 9.64. The van der Waals surface area contributed by atoms with E-state index in [9.17, 15) is 8.42 Å². The summed E-state index contributed by atoms with van der Waals surface area (Å²) in [5.41, 5.74) is 3.54. The van der Waals surface area contributed by atoms with Crippen LogP contribution in [-0.4, -0.2) is 27.1 Å². The molecule has 2 aromatic carbocycles. The van der Waals surface area contributed by atoms with E-state index >= 15 is 0 Å². The molecule has 0 fully saturated rings. The molecule has 3 rings (SSSR count). The molecule has 0 atom stereocenters. The fourth-order valence-electron chi connectivity index (χ4n) is 2.90. The second-order valence-electron chi connectivity index (χ2n) is 6.15. The van der Waals surface area contributed by atoms with Gasteiger partial charge in [0.2, 0.25) is 0 Å². The molecule has 1 heterocycles. The average Bonchev–Trinajstić information content (AvgIpc) is 3.07. The number of nitrogens with zero attached hydrogens (tertiary/aromatic N) is 2. The Kier molecular flexibility index (Phi) is 4.78. The first kappa shape index (κ1) is 18.1. The van der Waals surface area contributed by atoms with Crippen LogP contribution in [0.15, 0.2) is 65.7 Å². The molecule has 0 saturated heterocycles. The minimum atomic E-state index is -3.66. The minimum Gasteiger partial charge on any atom is -0.497 e. The van der Waals surface area contributed by atoms with E-state index in [4.69, 9.17) is 4.74 Å². The van der Waals surface area contributed by atoms with Crippen LogP contribution in [0.1, 0.15) is 5.56 Å². The fourth-order valence-corrected chi connectivity index (χ4v) is 4.16. The topological polar surface area (TPSA) is 51.5 Å². The van der Waals surface area contributed by atoms with Crippen LogP contribution in [0.4, 0.5) is 5.69 Å². The first-order chi connectivity index (χ1) is 12.3. The highest BCUT2D eigenvalue weighted by Crippen LogP contribution is 2.31. The molecule has 0 aliphatic heterocycles. The van der Waals surface area contributed by atoms with Gasteiger partial charge in [-0.1, -0.05) is 12.1 Å². The van der Waals surface area contributed by atoms with Gasteiger partial charge < -0.3 is 9.30 Å². The van der Waals surface area contributed by atoms with Crippen LogP contribution in [0.3, 0.4) is 0 Å². The Morgan fingerprint density at radius 1 is 1.04 bits per heavy atom. The highest BCUT2D eigenvalue weighted by molar-refractivity contribution is 7.92. The number of sulfonamides is 1. The van der Waals surface area contributed by atoms with Gasteiger partial charge in [0.1, 0.15) is 5.75 Å². The molecule has 0 bridgehead atoms. The van der Waals surface area contributed by atoms with Gasteiger partial charge in [-0.3, -0.25) is 4.31 Å². The lowest BCUT2D eigenvalue weighted by Gasteiger charge is -2.22. The van der Waals surface area contributed by atoms with Crippen molar-refractivity contribution in [1.29, 1.82) is 0 Å². The van der Waals surface area contributed by atoms with Crippen molar-refractivity contribution in [2.24, 2.45) is 7.05 Å². The van der Waals surface area contributed by atoms with Crippen molar-refractivity contribution in [1.82, 2.24) is 4.57 Å². The van der Waals surface area contributed by atoms with E-state index in [1.807, 2.05) is 55.1 Å². The first-order valence-electron chi connectivity index (χ1n) is 8.20. The maximum atomic E-state index is 13.0. The van der Waals surface area contributed by atoms with E-state index < -0.39 is 10.0 Å². The minimum absolute atomic E-state index is 0.226. The molecule has 3 aromatic rings. The molecule has 26 heavy (non-hydrogen) atoms. The van der Waals surface area contributed by atoms with E-state index in [0.717, 1.165) is 16.8 Å². The van der Waals surface area contributed by atoms with Crippen LogP contribution in [0.25, 0.3) is 11.3 Å². The van der Waals surface area contributed by atoms with Crippen molar-refractivity contribution in [3.8, 4) is 17.0 Å². The summed E-state index contributed by atoms with van der Waals surface area (Å²) in [6, 6.07) is 16.2. The molecule has 0 radical (unpaired) electrons. The van der Waals surface area contributed by atoms with Crippen molar-refractivity contribution in [2.45, 2.75) is 11.8 Å². The smallest absolute Gasteiger partial charge is 0.264 e. The quantitative estimate of drug-likeness (QED) is 0.686. The Balaban J connectivity index is 2.03. The van der Waals surface area contributed by atoms with Crippen molar-refractivity contribution >= 4 is 15.7 Å². The molecule has 0 saturated carbocycles. The summed E-state index contributed by atoms with van der Waals surface area (Å²) in [7, 11) is 1.43. The van der Waals surface area contributed by atoms with Gasteiger partial charge in [-0.15, -0.1) is 0 Å². The fraction of sp³-hybridized carbons (Fsp3) is 0.200. The Labute approximate surface area is 154 Å². The summed E-state index contributed by atoms with van der Waals surface area (Å²) in [6.07, 6.45) is 1.96. The maximum Gasteiger partial charge on any atom is 0.264 e. The normalized spacial score (nSPS) is 11.4. The molecule has 6 heteroatoms. The summed E-state index contributed by atoms with van der Waals surface area (Å²) in [5, 5.41) is 0. The Morgan fingerprint density at radius 3 is 2.31 bits per heavy atom. The number of hydrogen-bond donors (Lipinski definition) is 0. The molecule has 0 aliphatic rings. The zero-order chi connectivity index (χ0) is 18.9. The third-order valence-electron chi connectivity index (χ3n) is 4.51. The average molecular weight is 370 g/mol. The molecule has 0 unspecified atom stereocenters. The monoisotopic (exact) mass is 370 g/mol. The highest BCUT2D eigenvalue weighted by atomic mass is 32.2. The van der Waals surface area contributed by atoms with Gasteiger partial charge in [0.15, 0.2) is 0 Å². The summed E-state index contributed by atoms with van der Waals surface area (Å²) in [4.78, 5) is 0.226. The summed E-state index contributed by atoms with van der Waals surface area (Å²) >= 11 is 0. The predicted molar refractivity (Wildman–Crippen MR) is 104 cm³/mol. The lowest BCUT2D eigenvalue weighted by atomic mass is 10.1. The van der Waals surface area contributed by atoms with E-state index in [-0.39, 0.29) is 4.90 Å². The van der Waals surface area contributed by atoms with E-state index in [1.165, 1.54) is 4.31 Å². The van der Waals surface area contributed by atoms with Crippen LogP contribution in [-0.2, 0) is 17.1 Å². The number of methoxy groups -OCH3 is 1. The third kappa shape index (κ3) is 3.20. The molecule has 5 nitrogen and oxygen atoms in total. The molecular formula is C20H22N2O3S. The summed E-state index contributed by atoms with van der Waals surface area (Å²) in [5.74, 6) is 0.619. The lowest BCUT2D eigenvalue weighted by molar-refractivity contribution is 0.414. The lowest BCUT2D eigenvalue weighted by Crippen LogP contribution is -2.27. The van der Waals surface area contributed by atoms with Crippen LogP contribution in [0, 0.1) is 6.92 Å². The molecule has 0 spiro atoms. The summed E-state index contributed by atoms with van der Waals surface area (Å²) < 4.78 is 34.5. The van der Waals surface area contributed by atoms with E-state index in [0.29, 0.717) is 11.4 Å². The van der Waals surface area contributed by atoms with Crippen LogP contribution in [0.2, 0.25) is 0 Å². The Morgan fingerprint density at radius 2 is 1.73 bits per heavy atom. The van der Waals surface area contributed by atoms with Crippen molar-refractivity contribution in [3.05, 3.63) is 66.4 Å². The number of aromatic nitrogens is 1. The number of rotatable bonds is 5. The maximum absolute atomic E-state index is 13.0. The van der Waals surface area contributed by atoms with Crippen LogP contribution >= 0.6 is 0 Å². The van der Waals surface area contributed by atoms with E-state index in [1.54, 1.807) is 38.4 Å². The van der Waals surface area contributed by atoms with Crippen LogP contribution < -0.4 is 9.04 Å². The zero-order valence-corrected chi connectivity index (χ0v) is 16.1. The van der Waals surface area contributed by atoms with Gasteiger partial charge in [0, 0.05) is 31.5 Å². The third-order valence-corrected chi connectivity index (χ3v) is 6.29. The molecular weight excluding hydrogens is 348 g/mol. The predicted octanol–water partition coefficient (Wildman–Crippen LogP) is 3.83. The second kappa shape index (κ2) is 6.88. The van der Waals surface area contributed by atoms with Crippen molar-refractivity contribution in [2.75, 3.05) is 18.5 Å². The SMILES string of the molecule is COc1ccc(S(=O)(=O)N(C)c2cc(-c3cccn3C)ccc2C)cc1. The van der Waals surface area contributed by atoms with Gasteiger partial charge >= 0.3 is 0 Å². The molecule has 1 aromatic heterocycles. The Hall–Kier alpha value is -2.73.